The lowest BCUT2D eigenvalue weighted by atomic mass is 10.0. The fraction of sp³-hybridized carbons (Fsp3) is 0.500. The molecule has 0 aromatic heterocycles. The molecule has 0 saturated carbocycles. The van der Waals surface area contributed by atoms with Gasteiger partial charge in [-0.3, -0.25) is 4.79 Å². The predicted octanol–water partition coefficient (Wildman–Crippen LogP) is 3.21. The molecule has 3 nitrogen and oxygen atoms in total. The van der Waals surface area contributed by atoms with Crippen LogP contribution in [0.25, 0.3) is 0 Å². The second kappa shape index (κ2) is 6.60. The topological polar surface area (TPSA) is 32.3 Å². The quantitative estimate of drug-likeness (QED) is 0.930. The largest absolute Gasteiger partial charge is 0.334 e. The molecule has 5 heteroatoms. The van der Waals surface area contributed by atoms with Crippen molar-refractivity contribution in [3.63, 3.8) is 0 Å². The highest BCUT2D eigenvalue weighted by Gasteiger charge is 2.29. The van der Waals surface area contributed by atoms with Crippen LogP contribution in [0.5, 0.6) is 0 Å². The Morgan fingerprint density at radius 3 is 2.68 bits per heavy atom. The van der Waals surface area contributed by atoms with Gasteiger partial charge in [-0.2, -0.15) is 0 Å². The Morgan fingerprint density at radius 2 is 2.05 bits per heavy atom. The molecule has 0 aliphatic carbocycles. The van der Waals surface area contributed by atoms with Crippen molar-refractivity contribution in [2.45, 2.75) is 25.3 Å². The number of piperidine rings is 1. The molecular weight excluding hydrogens is 283 g/mol. The number of carbonyl (C=O) groups is 1. The standard InChI is InChI=1S/C14H18Cl2N2O/c1-17-9-10-5-2-3-8-18(10)14(19)13-11(15)6-4-7-12(13)16/h4,6-7,10,17H,2-3,5,8-9H2,1H3. The zero-order valence-electron chi connectivity index (χ0n) is 11.0. The first-order valence-corrected chi connectivity index (χ1v) is 7.30. The SMILES string of the molecule is CNCC1CCCCN1C(=O)c1c(Cl)cccc1Cl. The normalized spacial score (nSPS) is 19.5. The number of nitrogens with zero attached hydrogens (tertiary/aromatic N) is 1. The molecule has 1 unspecified atom stereocenters. The summed E-state index contributed by atoms with van der Waals surface area (Å²) in [6.45, 7) is 1.57. The zero-order chi connectivity index (χ0) is 13.8. The van der Waals surface area contributed by atoms with Crippen LogP contribution >= 0.6 is 23.2 Å². The Morgan fingerprint density at radius 1 is 1.37 bits per heavy atom. The van der Waals surface area contributed by atoms with E-state index < -0.39 is 0 Å². The van der Waals surface area contributed by atoms with Crippen LogP contribution in [0.4, 0.5) is 0 Å². The number of nitrogens with one attached hydrogen (secondary N) is 1. The summed E-state index contributed by atoms with van der Waals surface area (Å²) in [5.41, 5.74) is 0.425. The highest BCUT2D eigenvalue weighted by Crippen LogP contribution is 2.28. The Labute approximate surface area is 123 Å². The number of carbonyl (C=O) groups excluding carboxylic acids is 1. The van der Waals surface area contributed by atoms with Gasteiger partial charge in [-0.25, -0.2) is 0 Å². The Hall–Kier alpha value is -0.770. The van der Waals surface area contributed by atoms with E-state index in [1.54, 1.807) is 18.2 Å². The molecule has 2 rings (SSSR count). The molecular formula is C14H18Cl2N2O. The molecule has 1 amide bonds. The van der Waals surface area contributed by atoms with Crippen LogP contribution in [-0.4, -0.2) is 37.0 Å². The number of likely N-dealkylation sites (N-methyl/N-ethyl adjacent to an activating group) is 1. The highest BCUT2D eigenvalue weighted by molar-refractivity contribution is 6.39. The smallest absolute Gasteiger partial charge is 0.257 e. The maximum absolute atomic E-state index is 12.7. The summed E-state index contributed by atoms with van der Waals surface area (Å²) in [5, 5.41) is 3.99. The molecule has 1 atom stereocenters. The molecule has 0 bridgehead atoms. The minimum atomic E-state index is -0.0597. The second-order valence-corrected chi connectivity index (χ2v) is 5.62. The van der Waals surface area contributed by atoms with Gasteiger partial charge in [-0.05, 0) is 38.4 Å². The molecule has 1 aliphatic heterocycles. The molecule has 0 radical (unpaired) electrons. The molecule has 1 heterocycles. The summed E-state index contributed by atoms with van der Waals surface area (Å²) in [4.78, 5) is 14.6. The van der Waals surface area contributed by atoms with Gasteiger partial charge in [0, 0.05) is 19.1 Å². The minimum Gasteiger partial charge on any atom is -0.334 e. The lowest BCUT2D eigenvalue weighted by molar-refractivity contribution is 0.0615. The van der Waals surface area contributed by atoms with Gasteiger partial charge in [0.25, 0.3) is 5.91 Å². The first-order chi connectivity index (χ1) is 9.15. The van der Waals surface area contributed by atoms with Crippen molar-refractivity contribution < 1.29 is 4.79 Å². The van der Waals surface area contributed by atoms with Crippen LogP contribution in [0.15, 0.2) is 18.2 Å². The van der Waals surface area contributed by atoms with E-state index in [9.17, 15) is 4.79 Å². The van der Waals surface area contributed by atoms with E-state index in [4.69, 9.17) is 23.2 Å². The van der Waals surface area contributed by atoms with E-state index >= 15 is 0 Å². The summed E-state index contributed by atoms with van der Waals surface area (Å²) in [5.74, 6) is -0.0597. The maximum Gasteiger partial charge on any atom is 0.257 e. The number of hydrogen-bond donors (Lipinski definition) is 1. The van der Waals surface area contributed by atoms with Crippen molar-refractivity contribution in [3.8, 4) is 0 Å². The summed E-state index contributed by atoms with van der Waals surface area (Å²) >= 11 is 12.2. The monoisotopic (exact) mass is 300 g/mol. The third kappa shape index (κ3) is 3.22. The lowest BCUT2D eigenvalue weighted by Gasteiger charge is -2.36. The number of hydrogen-bond acceptors (Lipinski definition) is 2. The second-order valence-electron chi connectivity index (χ2n) is 4.80. The summed E-state index contributed by atoms with van der Waals surface area (Å²) in [6, 6.07) is 5.39. The van der Waals surface area contributed by atoms with Gasteiger partial charge >= 0.3 is 0 Å². The minimum absolute atomic E-state index is 0.0597. The van der Waals surface area contributed by atoms with Crippen LogP contribution in [0, 0.1) is 0 Å². The number of halogens is 2. The van der Waals surface area contributed by atoms with Gasteiger partial charge in [-0.15, -0.1) is 0 Å². The number of benzene rings is 1. The van der Waals surface area contributed by atoms with Crippen LogP contribution in [0.3, 0.4) is 0 Å². The third-order valence-corrected chi connectivity index (χ3v) is 4.13. The van der Waals surface area contributed by atoms with Gasteiger partial charge in [-0.1, -0.05) is 29.3 Å². The molecule has 1 N–H and O–H groups in total. The number of amides is 1. The molecule has 1 saturated heterocycles. The fourth-order valence-electron chi connectivity index (χ4n) is 2.56. The van der Waals surface area contributed by atoms with Gasteiger partial charge in [0.05, 0.1) is 15.6 Å². The fourth-order valence-corrected chi connectivity index (χ4v) is 3.12. The van der Waals surface area contributed by atoms with Crippen molar-refractivity contribution in [2.75, 3.05) is 20.1 Å². The van der Waals surface area contributed by atoms with Crippen molar-refractivity contribution >= 4 is 29.1 Å². The van der Waals surface area contributed by atoms with Crippen LogP contribution in [-0.2, 0) is 0 Å². The Bertz CT molecular complexity index is 443. The van der Waals surface area contributed by atoms with E-state index in [1.807, 2.05) is 11.9 Å². The van der Waals surface area contributed by atoms with Gasteiger partial charge in [0.15, 0.2) is 0 Å². The van der Waals surface area contributed by atoms with E-state index in [1.165, 1.54) is 0 Å². The number of rotatable bonds is 3. The molecule has 1 aromatic carbocycles. The molecule has 104 valence electrons. The average Bonchev–Trinajstić information content (AvgIpc) is 2.39. The first kappa shape index (κ1) is 14.6. The Kier molecular flexibility index (Phi) is 5.08. The van der Waals surface area contributed by atoms with E-state index in [0.29, 0.717) is 15.6 Å². The van der Waals surface area contributed by atoms with E-state index in [-0.39, 0.29) is 11.9 Å². The summed E-state index contributed by atoms with van der Waals surface area (Å²) in [7, 11) is 1.90. The van der Waals surface area contributed by atoms with Crippen LogP contribution < -0.4 is 5.32 Å². The van der Waals surface area contributed by atoms with Crippen LogP contribution in [0.1, 0.15) is 29.6 Å². The molecule has 1 aliphatic rings. The van der Waals surface area contributed by atoms with Crippen LogP contribution in [0.2, 0.25) is 10.0 Å². The lowest BCUT2D eigenvalue weighted by Crippen LogP contribution is -2.48. The van der Waals surface area contributed by atoms with E-state index in [2.05, 4.69) is 5.32 Å². The van der Waals surface area contributed by atoms with Gasteiger partial charge in [0.1, 0.15) is 0 Å². The highest BCUT2D eigenvalue weighted by atomic mass is 35.5. The molecule has 19 heavy (non-hydrogen) atoms. The van der Waals surface area contributed by atoms with Crippen molar-refractivity contribution in [3.05, 3.63) is 33.8 Å². The van der Waals surface area contributed by atoms with Gasteiger partial charge < -0.3 is 10.2 Å². The van der Waals surface area contributed by atoms with Crippen molar-refractivity contribution in [1.29, 1.82) is 0 Å². The molecule has 1 fully saturated rings. The molecule has 0 spiro atoms. The Balaban J connectivity index is 2.26. The third-order valence-electron chi connectivity index (χ3n) is 3.50. The van der Waals surface area contributed by atoms with Crippen molar-refractivity contribution in [1.82, 2.24) is 10.2 Å². The first-order valence-electron chi connectivity index (χ1n) is 6.54. The van der Waals surface area contributed by atoms with Crippen molar-refractivity contribution in [2.24, 2.45) is 0 Å². The summed E-state index contributed by atoms with van der Waals surface area (Å²) < 4.78 is 0. The summed E-state index contributed by atoms with van der Waals surface area (Å²) in [6.07, 6.45) is 3.22. The number of likely N-dealkylation sites (tertiary alicyclic amines) is 1. The van der Waals surface area contributed by atoms with E-state index in [0.717, 1.165) is 32.4 Å². The van der Waals surface area contributed by atoms with Gasteiger partial charge in [0.2, 0.25) is 0 Å². The predicted molar refractivity (Wildman–Crippen MR) is 79.1 cm³/mol. The zero-order valence-corrected chi connectivity index (χ0v) is 12.5. The average molecular weight is 301 g/mol. The maximum atomic E-state index is 12.7. The molecule has 1 aromatic rings.